The van der Waals surface area contributed by atoms with Crippen molar-refractivity contribution < 1.29 is 15.0 Å². The highest BCUT2D eigenvalue weighted by Gasteiger charge is 2.17. The standard InChI is InChI=1S/C12H16O3S/c1-8(2)9-3-5-10(6-4-9)16-11(7-13)12(14)15/h3-6,8,11,13H,7H2,1-2H3,(H,14,15). The molecule has 0 amide bonds. The highest BCUT2D eigenvalue weighted by molar-refractivity contribution is 8.00. The van der Waals surface area contributed by atoms with Crippen LogP contribution < -0.4 is 0 Å². The third-order valence-corrected chi connectivity index (χ3v) is 3.45. The van der Waals surface area contributed by atoms with E-state index in [1.165, 1.54) is 17.3 Å². The first-order chi connectivity index (χ1) is 7.54. The van der Waals surface area contributed by atoms with E-state index in [2.05, 4.69) is 13.8 Å². The third kappa shape index (κ3) is 3.54. The fraction of sp³-hybridized carbons (Fsp3) is 0.417. The zero-order valence-corrected chi connectivity index (χ0v) is 10.2. The summed E-state index contributed by atoms with van der Waals surface area (Å²) >= 11 is 1.17. The molecule has 0 spiro atoms. The molecule has 1 aromatic rings. The van der Waals surface area contributed by atoms with Crippen molar-refractivity contribution in [3.8, 4) is 0 Å². The lowest BCUT2D eigenvalue weighted by molar-refractivity contribution is -0.137. The fourth-order valence-corrected chi connectivity index (χ4v) is 2.06. The minimum atomic E-state index is -0.986. The van der Waals surface area contributed by atoms with Crippen molar-refractivity contribution in [3.63, 3.8) is 0 Å². The van der Waals surface area contributed by atoms with E-state index in [1.54, 1.807) is 0 Å². The average molecular weight is 240 g/mol. The SMILES string of the molecule is CC(C)c1ccc(SC(CO)C(=O)O)cc1. The Morgan fingerprint density at radius 3 is 2.25 bits per heavy atom. The maximum Gasteiger partial charge on any atom is 0.319 e. The van der Waals surface area contributed by atoms with Crippen LogP contribution in [0.1, 0.15) is 25.3 Å². The van der Waals surface area contributed by atoms with Gasteiger partial charge in [0.15, 0.2) is 0 Å². The summed E-state index contributed by atoms with van der Waals surface area (Å²) in [5, 5.41) is 16.9. The summed E-state index contributed by atoms with van der Waals surface area (Å²) in [4.78, 5) is 11.6. The Morgan fingerprint density at radius 1 is 1.31 bits per heavy atom. The molecule has 88 valence electrons. The molecule has 0 heterocycles. The summed E-state index contributed by atoms with van der Waals surface area (Å²) in [6.07, 6.45) is 0. The zero-order valence-electron chi connectivity index (χ0n) is 9.38. The number of rotatable bonds is 5. The highest BCUT2D eigenvalue weighted by atomic mass is 32.2. The number of thioether (sulfide) groups is 1. The van der Waals surface area contributed by atoms with Crippen LogP contribution in [-0.4, -0.2) is 28.0 Å². The van der Waals surface area contributed by atoms with Crippen molar-refractivity contribution >= 4 is 17.7 Å². The van der Waals surface area contributed by atoms with Gasteiger partial charge in [0, 0.05) is 4.90 Å². The van der Waals surface area contributed by atoms with Gasteiger partial charge in [-0.2, -0.15) is 0 Å². The number of aliphatic carboxylic acids is 1. The van der Waals surface area contributed by atoms with Crippen molar-refractivity contribution in [1.29, 1.82) is 0 Å². The smallest absolute Gasteiger partial charge is 0.319 e. The van der Waals surface area contributed by atoms with Crippen molar-refractivity contribution in [2.75, 3.05) is 6.61 Å². The molecular formula is C12H16O3S. The number of hydrogen-bond donors (Lipinski definition) is 2. The van der Waals surface area contributed by atoms with E-state index in [0.29, 0.717) is 5.92 Å². The van der Waals surface area contributed by atoms with Crippen LogP contribution in [-0.2, 0) is 4.79 Å². The molecule has 0 saturated heterocycles. The largest absolute Gasteiger partial charge is 0.480 e. The molecule has 1 atom stereocenters. The Kier molecular flexibility index (Phi) is 4.83. The van der Waals surface area contributed by atoms with Crippen molar-refractivity contribution in [3.05, 3.63) is 29.8 Å². The van der Waals surface area contributed by atoms with E-state index in [1.807, 2.05) is 24.3 Å². The van der Waals surface area contributed by atoms with E-state index in [0.717, 1.165) is 4.90 Å². The predicted octanol–water partition coefficient (Wildman–Crippen LogP) is 2.35. The first kappa shape index (κ1) is 13.1. The Hall–Kier alpha value is -1.00. The van der Waals surface area contributed by atoms with Gasteiger partial charge in [-0.3, -0.25) is 4.79 Å². The third-order valence-electron chi connectivity index (χ3n) is 2.27. The first-order valence-corrected chi connectivity index (χ1v) is 6.03. The van der Waals surface area contributed by atoms with E-state index in [-0.39, 0.29) is 6.61 Å². The molecule has 16 heavy (non-hydrogen) atoms. The van der Waals surface area contributed by atoms with E-state index in [9.17, 15) is 4.79 Å². The molecule has 0 bridgehead atoms. The normalized spacial score (nSPS) is 12.8. The Bertz CT molecular complexity index is 346. The summed E-state index contributed by atoms with van der Waals surface area (Å²) in [6, 6.07) is 7.77. The topological polar surface area (TPSA) is 57.5 Å². The Morgan fingerprint density at radius 2 is 1.88 bits per heavy atom. The lowest BCUT2D eigenvalue weighted by atomic mass is 10.0. The van der Waals surface area contributed by atoms with Crippen molar-refractivity contribution in [1.82, 2.24) is 0 Å². The van der Waals surface area contributed by atoms with Gasteiger partial charge in [0.05, 0.1) is 6.61 Å². The molecule has 1 aromatic carbocycles. The molecule has 2 N–H and O–H groups in total. The van der Waals surface area contributed by atoms with Crippen LogP contribution in [0.4, 0.5) is 0 Å². The lowest BCUT2D eigenvalue weighted by Gasteiger charge is -2.10. The first-order valence-electron chi connectivity index (χ1n) is 5.15. The number of carbonyl (C=O) groups is 1. The molecule has 0 aliphatic carbocycles. The van der Waals surface area contributed by atoms with Gasteiger partial charge in [-0.15, -0.1) is 11.8 Å². The predicted molar refractivity (Wildman–Crippen MR) is 64.9 cm³/mol. The minimum absolute atomic E-state index is 0.355. The molecule has 0 saturated carbocycles. The van der Waals surface area contributed by atoms with Gasteiger partial charge in [0.2, 0.25) is 0 Å². The second-order valence-corrected chi connectivity index (χ2v) is 5.13. The Labute approximate surface area is 99.5 Å². The maximum absolute atomic E-state index is 10.7. The highest BCUT2D eigenvalue weighted by Crippen LogP contribution is 2.25. The Balaban J connectivity index is 2.71. The number of carboxylic acid groups (broad SMARTS) is 1. The van der Waals surface area contributed by atoms with E-state index in [4.69, 9.17) is 10.2 Å². The summed E-state index contributed by atoms with van der Waals surface area (Å²) in [5.74, 6) is -0.521. The van der Waals surface area contributed by atoms with Gasteiger partial charge in [0.25, 0.3) is 0 Å². The van der Waals surface area contributed by atoms with Gasteiger partial charge >= 0.3 is 5.97 Å². The summed E-state index contributed by atoms with van der Waals surface area (Å²) in [6.45, 7) is 3.86. The lowest BCUT2D eigenvalue weighted by Crippen LogP contribution is -2.20. The summed E-state index contributed by atoms with van der Waals surface area (Å²) < 4.78 is 0. The zero-order chi connectivity index (χ0) is 12.1. The fourth-order valence-electron chi connectivity index (χ4n) is 1.26. The minimum Gasteiger partial charge on any atom is -0.480 e. The van der Waals surface area contributed by atoms with Crippen molar-refractivity contribution in [2.24, 2.45) is 0 Å². The van der Waals surface area contributed by atoms with Crippen LogP contribution >= 0.6 is 11.8 Å². The molecular weight excluding hydrogens is 224 g/mol. The number of aliphatic hydroxyl groups excluding tert-OH is 1. The van der Waals surface area contributed by atoms with Crippen LogP contribution in [0.2, 0.25) is 0 Å². The molecule has 1 unspecified atom stereocenters. The van der Waals surface area contributed by atoms with E-state index >= 15 is 0 Å². The van der Waals surface area contributed by atoms with E-state index < -0.39 is 11.2 Å². The van der Waals surface area contributed by atoms with Crippen LogP contribution in [0.5, 0.6) is 0 Å². The number of hydrogen-bond acceptors (Lipinski definition) is 3. The monoisotopic (exact) mass is 240 g/mol. The number of benzene rings is 1. The summed E-state index contributed by atoms with van der Waals surface area (Å²) in [7, 11) is 0. The molecule has 0 fully saturated rings. The van der Waals surface area contributed by atoms with Gasteiger partial charge < -0.3 is 10.2 Å². The molecule has 0 aliphatic rings. The van der Waals surface area contributed by atoms with Crippen LogP contribution in [0, 0.1) is 0 Å². The van der Waals surface area contributed by atoms with Gasteiger partial charge in [-0.25, -0.2) is 0 Å². The second-order valence-electron chi connectivity index (χ2n) is 3.85. The van der Waals surface area contributed by atoms with Crippen LogP contribution in [0.3, 0.4) is 0 Å². The quantitative estimate of drug-likeness (QED) is 0.776. The van der Waals surface area contributed by atoms with Gasteiger partial charge in [0.1, 0.15) is 5.25 Å². The number of carboxylic acids is 1. The molecule has 3 nitrogen and oxygen atoms in total. The average Bonchev–Trinajstić information content (AvgIpc) is 2.26. The number of aliphatic hydroxyl groups is 1. The molecule has 0 aliphatic heterocycles. The molecule has 1 rings (SSSR count). The van der Waals surface area contributed by atoms with Gasteiger partial charge in [-0.05, 0) is 23.6 Å². The van der Waals surface area contributed by atoms with Crippen LogP contribution in [0.15, 0.2) is 29.2 Å². The second kappa shape index (κ2) is 5.92. The molecule has 0 aromatic heterocycles. The van der Waals surface area contributed by atoms with Crippen LogP contribution in [0.25, 0.3) is 0 Å². The molecule has 4 heteroatoms. The van der Waals surface area contributed by atoms with Crippen molar-refractivity contribution in [2.45, 2.75) is 29.9 Å². The summed E-state index contributed by atoms with van der Waals surface area (Å²) in [5.41, 5.74) is 1.22. The van der Waals surface area contributed by atoms with Gasteiger partial charge in [-0.1, -0.05) is 26.0 Å². The molecule has 0 radical (unpaired) electrons. The maximum atomic E-state index is 10.7.